The zero-order valence-corrected chi connectivity index (χ0v) is 6.50. The normalized spacial score (nSPS) is 16.3. The van der Waals surface area contributed by atoms with Gasteiger partial charge in [0.05, 0.1) is 0 Å². The Labute approximate surface area is 69.4 Å². The number of H-pyrrole nitrogens is 1. The lowest BCUT2D eigenvalue weighted by Gasteiger charge is -1.88. The van der Waals surface area contributed by atoms with Crippen LogP contribution in [0.4, 0.5) is 5.82 Å². The first-order valence-electron chi connectivity index (χ1n) is 3.90. The maximum absolute atomic E-state index is 10.6. The molecular formula is C8H10N2O2. The molecule has 4 N–H and O–H groups in total. The van der Waals surface area contributed by atoms with Crippen molar-refractivity contribution in [2.45, 2.75) is 18.8 Å². The summed E-state index contributed by atoms with van der Waals surface area (Å²) in [5, 5.41) is 8.68. The minimum atomic E-state index is -0.962. The predicted molar refractivity (Wildman–Crippen MR) is 44.1 cm³/mol. The number of anilines is 1. The Bertz CT molecular complexity index is 326. The molecule has 0 saturated heterocycles. The second kappa shape index (κ2) is 2.27. The van der Waals surface area contributed by atoms with E-state index in [1.165, 1.54) is 0 Å². The molecule has 1 saturated carbocycles. The Morgan fingerprint density at radius 2 is 2.33 bits per heavy atom. The van der Waals surface area contributed by atoms with Gasteiger partial charge in [0, 0.05) is 5.69 Å². The number of nitrogens with one attached hydrogen (secondary N) is 1. The number of aromatic nitrogens is 1. The quantitative estimate of drug-likeness (QED) is 0.617. The molecule has 0 radical (unpaired) electrons. The van der Waals surface area contributed by atoms with Gasteiger partial charge >= 0.3 is 5.97 Å². The van der Waals surface area contributed by atoms with Gasteiger partial charge in [0.15, 0.2) is 0 Å². The van der Waals surface area contributed by atoms with Crippen LogP contribution in [0.2, 0.25) is 0 Å². The SMILES string of the molecule is Nc1[nH]c(C2CC2)cc1C(=O)O. The number of nitrogen functional groups attached to an aromatic ring is 1. The van der Waals surface area contributed by atoms with Crippen molar-refractivity contribution in [2.75, 3.05) is 5.73 Å². The van der Waals surface area contributed by atoms with E-state index in [0.717, 1.165) is 18.5 Å². The van der Waals surface area contributed by atoms with Crippen LogP contribution in [0.15, 0.2) is 6.07 Å². The topological polar surface area (TPSA) is 79.1 Å². The van der Waals surface area contributed by atoms with Gasteiger partial charge in [-0.3, -0.25) is 0 Å². The maximum atomic E-state index is 10.6. The minimum absolute atomic E-state index is 0.192. The van der Waals surface area contributed by atoms with Crippen molar-refractivity contribution in [1.29, 1.82) is 0 Å². The van der Waals surface area contributed by atoms with E-state index in [-0.39, 0.29) is 11.4 Å². The van der Waals surface area contributed by atoms with E-state index in [9.17, 15) is 4.79 Å². The van der Waals surface area contributed by atoms with Gasteiger partial charge in [0.2, 0.25) is 0 Å². The fourth-order valence-electron chi connectivity index (χ4n) is 1.28. The highest BCUT2D eigenvalue weighted by Gasteiger charge is 2.26. The molecule has 0 aromatic carbocycles. The van der Waals surface area contributed by atoms with Gasteiger partial charge < -0.3 is 15.8 Å². The van der Waals surface area contributed by atoms with Crippen LogP contribution in [-0.2, 0) is 0 Å². The largest absolute Gasteiger partial charge is 0.478 e. The van der Waals surface area contributed by atoms with E-state index in [4.69, 9.17) is 10.8 Å². The van der Waals surface area contributed by atoms with Crippen molar-refractivity contribution in [3.63, 3.8) is 0 Å². The average molecular weight is 166 g/mol. The Kier molecular flexibility index (Phi) is 1.36. The van der Waals surface area contributed by atoms with Crippen molar-refractivity contribution in [1.82, 2.24) is 4.98 Å². The van der Waals surface area contributed by atoms with Crippen LogP contribution in [0, 0.1) is 0 Å². The van der Waals surface area contributed by atoms with Crippen LogP contribution in [0.5, 0.6) is 0 Å². The third-order valence-corrected chi connectivity index (χ3v) is 2.12. The molecule has 2 rings (SSSR count). The van der Waals surface area contributed by atoms with Gasteiger partial charge in [-0.2, -0.15) is 0 Å². The summed E-state index contributed by atoms with van der Waals surface area (Å²) in [7, 11) is 0. The molecule has 0 atom stereocenters. The fraction of sp³-hybridized carbons (Fsp3) is 0.375. The van der Waals surface area contributed by atoms with Crippen LogP contribution in [0.3, 0.4) is 0 Å². The summed E-state index contributed by atoms with van der Waals surface area (Å²) in [5.74, 6) is -0.180. The molecule has 0 amide bonds. The number of carboxylic acid groups (broad SMARTS) is 1. The van der Waals surface area contributed by atoms with Crippen molar-refractivity contribution in [2.24, 2.45) is 0 Å². The van der Waals surface area contributed by atoms with Gasteiger partial charge in [0.1, 0.15) is 11.4 Å². The molecule has 0 unspecified atom stereocenters. The number of aromatic carboxylic acids is 1. The van der Waals surface area contributed by atoms with Gasteiger partial charge in [-0.1, -0.05) is 0 Å². The molecule has 1 heterocycles. The zero-order valence-electron chi connectivity index (χ0n) is 6.50. The third-order valence-electron chi connectivity index (χ3n) is 2.12. The van der Waals surface area contributed by atoms with E-state index >= 15 is 0 Å². The molecule has 12 heavy (non-hydrogen) atoms. The minimum Gasteiger partial charge on any atom is -0.478 e. The molecule has 0 bridgehead atoms. The second-order valence-electron chi connectivity index (χ2n) is 3.13. The van der Waals surface area contributed by atoms with Crippen LogP contribution < -0.4 is 5.73 Å². The molecule has 1 aromatic heterocycles. The summed E-state index contributed by atoms with van der Waals surface area (Å²) in [6, 6.07) is 1.63. The molecule has 1 aliphatic carbocycles. The highest BCUT2D eigenvalue weighted by molar-refractivity contribution is 5.93. The van der Waals surface area contributed by atoms with Crippen molar-refractivity contribution < 1.29 is 9.90 Å². The summed E-state index contributed by atoms with van der Waals surface area (Å²) in [4.78, 5) is 13.5. The van der Waals surface area contributed by atoms with E-state index < -0.39 is 5.97 Å². The summed E-state index contributed by atoms with van der Waals surface area (Å²) < 4.78 is 0. The van der Waals surface area contributed by atoms with E-state index in [0.29, 0.717) is 5.92 Å². The molecular weight excluding hydrogens is 156 g/mol. The maximum Gasteiger partial charge on any atom is 0.339 e. The number of rotatable bonds is 2. The van der Waals surface area contributed by atoms with Crippen molar-refractivity contribution in [3.05, 3.63) is 17.3 Å². The first-order chi connectivity index (χ1) is 5.68. The molecule has 0 spiro atoms. The molecule has 1 aromatic rings. The first-order valence-corrected chi connectivity index (χ1v) is 3.90. The van der Waals surface area contributed by atoms with Gasteiger partial charge in [-0.25, -0.2) is 4.79 Å². The van der Waals surface area contributed by atoms with Gasteiger partial charge in [-0.05, 0) is 24.8 Å². The molecule has 1 fully saturated rings. The Morgan fingerprint density at radius 1 is 1.67 bits per heavy atom. The molecule has 0 aliphatic heterocycles. The van der Waals surface area contributed by atoms with Crippen LogP contribution in [0.1, 0.15) is 34.8 Å². The highest BCUT2D eigenvalue weighted by Crippen LogP contribution is 2.40. The highest BCUT2D eigenvalue weighted by atomic mass is 16.4. The van der Waals surface area contributed by atoms with E-state index in [1.807, 2.05) is 0 Å². The lowest BCUT2D eigenvalue weighted by Crippen LogP contribution is -1.98. The van der Waals surface area contributed by atoms with Crippen LogP contribution in [0.25, 0.3) is 0 Å². The number of hydrogen-bond donors (Lipinski definition) is 3. The fourth-order valence-corrected chi connectivity index (χ4v) is 1.28. The van der Waals surface area contributed by atoms with Crippen LogP contribution >= 0.6 is 0 Å². The number of carbonyl (C=O) groups is 1. The monoisotopic (exact) mass is 166 g/mol. The Hall–Kier alpha value is -1.45. The smallest absolute Gasteiger partial charge is 0.339 e. The van der Waals surface area contributed by atoms with E-state index in [2.05, 4.69) is 4.98 Å². The van der Waals surface area contributed by atoms with Crippen molar-refractivity contribution in [3.8, 4) is 0 Å². The standard InChI is InChI=1S/C8H10N2O2/c9-7-5(8(11)12)3-6(10-7)4-1-2-4/h3-4,10H,1-2,9H2,(H,11,12). The number of hydrogen-bond acceptors (Lipinski definition) is 2. The second-order valence-corrected chi connectivity index (χ2v) is 3.13. The lowest BCUT2D eigenvalue weighted by molar-refractivity contribution is 0.0698. The predicted octanol–water partition coefficient (Wildman–Crippen LogP) is 1.17. The lowest BCUT2D eigenvalue weighted by atomic mass is 10.2. The summed E-state index contributed by atoms with van der Waals surface area (Å²) >= 11 is 0. The number of aromatic amines is 1. The van der Waals surface area contributed by atoms with Gasteiger partial charge in [0.25, 0.3) is 0 Å². The third kappa shape index (κ3) is 1.05. The van der Waals surface area contributed by atoms with E-state index in [1.54, 1.807) is 6.07 Å². The first kappa shape index (κ1) is 7.21. The Balaban J connectivity index is 2.36. The van der Waals surface area contributed by atoms with Gasteiger partial charge in [-0.15, -0.1) is 0 Å². The molecule has 1 aliphatic rings. The summed E-state index contributed by atoms with van der Waals surface area (Å²) in [6.45, 7) is 0. The Morgan fingerprint density at radius 3 is 2.75 bits per heavy atom. The average Bonchev–Trinajstić information content (AvgIpc) is 2.75. The molecule has 4 heteroatoms. The van der Waals surface area contributed by atoms with Crippen molar-refractivity contribution >= 4 is 11.8 Å². The zero-order chi connectivity index (χ0) is 8.72. The number of carboxylic acids is 1. The summed E-state index contributed by atoms with van der Waals surface area (Å²) in [5.41, 5.74) is 6.63. The molecule has 4 nitrogen and oxygen atoms in total. The number of nitrogens with two attached hydrogens (primary N) is 1. The molecule has 64 valence electrons. The van der Waals surface area contributed by atoms with Crippen LogP contribution in [-0.4, -0.2) is 16.1 Å². The summed E-state index contributed by atoms with van der Waals surface area (Å²) in [6.07, 6.45) is 2.28.